The maximum atomic E-state index is 12.0. The standard InChI is InChI=1S/C15H22ClNO/c1-10(2)15(11(3)4)17-14(18)9-12-6-5-7-13(16)8-12/h5-8,10-11,15H,9H2,1-4H3,(H,17,18). The van der Waals surface area contributed by atoms with E-state index in [1.807, 2.05) is 24.3 Å². The van der Waals surface area contributed by atoms with Crippen LogP contribution in [0.25, 0.3) is 0 Å². The molecule has 100 valence electrons. The summed E-state index contributed by atoms with van der Waals surface area (Å²) in [5.41, 5.74) is 0.950. The number of carbonyl (C=O) groups is 1. The molecule has 1 N–H and O–H groups in total. The van der Waals surface area contributed by atoms with Crippen molar-refractivity contribution in [1.29, 1.82) is 0 Å². The maximum Gasteiger partial charge on any atom is 0.224 e. The van der Waals surface area contributed by atoms with Crippen molar-refractivity contribution >= 4 is 17.5 Å². The van der Waals surface area contributed by atoms with Crippen LogP contribution in [0.4, 0.5) is 0 Å². The first-order valence-corrected chi connectivity index (χ1v) is 6.81. The molecule has 1 amide bonds. The number of amides is 1. The van der Waals surface area contributed by atoms with Crippen molar-refractivity contribution in [2.75, 3.05) is 0 Å². The van der Waals surface area contributed by atoms with E-state index in [1.54, 1.807) is 0 Å². The van der Waals surface area contributed by atoms with Crippen molar-refractivity contribution in [2.45, 2.75) is 40.2 Å². The molecule has 3 heteroatoms. The first kappa shape index (κ1) is 15.0. The second-order valence-corrected chi connectivity index (χ2v) is 5.82. The fraction of sp³-hybridized carbons (Fsp3) is 0.533. The van der Waals surface area contributed by atoms with Crippen molar-refractivity contribution < 1.29 is 4.79 Å². The number of hydrogen-bond acceptors (Lipinski definition) is 1. The molecule has 0 heterocycles. The Kier molecular flexibility index (Phi) is 5.67. The van der Waals surface area contributed by atoms with Gasteiger partial charge in [0.2, 0.25) is 5.91 Å². The summed E-state index contributed by atoms with van der Waals surface area (Å²) in [7, 11) is 0. The lowest BCUT2D eigenvalue weighted by Gasteiger charge is -2.26. The Bertz CT molecular complexity index is 393. The highest BCUT2D eigenvalue weighted by molar-refractivity contribution is 6.30. The Labute approximate surface area is 115 Å². The molecular weight excluding hydrogens is 246 g/mol. The summed E-state index contributed by atoms with van der Waals surface area (Å²) in [4.78, 5) is 12.0. The average molecular weight is 268 g/mol. The van der Waals surface area contributed by atoms with E-state index in [9.17, 15) is 4.79 Å². The number of rotatable bonds is 5. The van der Waals surface area contributed by atoms with Gasteiger partial charge in [-0.05, 0) is 29.5 Å². The number of benzene rings is 1. The Morgan fingerprint density at radius 1 is 1.22 bits per heavy atom. The van der Waals surface area contributed by atoms with Crippen LogP contribution >= 0.6 is 11.6 Å². The number of carbonyl (C=O) groups excluding carboxylic acids is 1. The molecule has 1 rings (SSSR count). The predicted molar refractivity (Wildman–Crippen MR) is 76.8 cm³/mol. The summed E-state index contributed by atoms with van der Waals surface area (Å²) in [6.07, 6.45) is 0.385. The number of nitrogens with one attached hydrogen (secondary N) is 1. The van der Waals surface area contributed by atoms with Gasteiger partial charge < -0.3 is 5.32 Å². The summed E-state index contributed by atoms with van der Waals surface area (Å²) >= 11 is 5.90. The van der Waals surface area contributed by atoms with Crippen LogP contribution in [-0.4, -0.2) is 11.9 Å². The molecule has 0 aromatic heterocycles. The Balaban J connectivity index is 2.61. The lowest BCUT2D eigenvalue weighted by Crippen LogP contribution is -2.42. The van der Waals surface area contributed by atoms with Crippen LogP contribution in [0.15, 0.2) is 24.3 Å². The number of hydrogen-bond donors (Lipinski definition) is 1. The van der Waals surface area contributed by atoms with Gasteiger partial charge in [-0.15, -0.1) is 0 Å². The third-order valence-corrected chi connectivity index (χ3v) is 3.25. The largest absolute Gasteiger partial charge is 0.353 e. The lowest BCUT2D eigenvalue weighted by atomic mass is 9.93. The van der Waals surface area contributed by atoms with E-state index in [-0.39, 0.29) is 11.9 Å². The fourth-order valence-corrected chi connectivity index (χ4v) is 2.39. The van der Waals surface area contributed by atoms with E-state index in [0.717, 1.165) is 5.56 Å². The minimum atomic E-state index is 0.0599. The average Bonchev–Trinajstić information content (AvgIpc) is 2.25. The quantitative estimate of drug-likeness (QED) is 0.866. The predicted octanol–water partition coefficient (Wildman–Crippen LogP) is 3.68. The van der Waals surface area contributed by atoms with Crippen LogP contribution in [-0.2, 0) is 11.2 Å². The molecule has 0 aliphatic heterocycles. The second-order valence-electron chi connectivity index (χ2n) is 5.39. The van der Waals surface area contributed by atoms with Crippen LogP contribution in [0.1, 0.15) is 33.3 Å². The monoisotopic (exact) mass is 267 g/mol. The molecule has 0 aliphatic rings. The molecule has 0 saturated carbocycles. The summed E-state index contributed by atoms with van der Waals surface area (Å²) in [6, 6.07) is 7.66. The molecule has 0 unspecified atom stereocenters. The highest BCUT2D eigenvalue weighted by Gasteiger charge is 2.19. The smallest absolute Gasteiger partial charge is 0.224 e. The zero-order chi connectivity index (χ0) is 13.7. The van der Waals surface area contributed by atoms with Gasteiger partial charge >= 0.3 is 0 Å². The summed E-state index contributed by atoms with van der Waals surface area (Å²) in [5.74, 6) is 0.936. The summed E-state index contributed by atoms with van der Waals surface area (Å²) in [5, 5.41) is 3.77. The van der Waals surface area contributed by atoms with Gasteiger partial charge in [-0.1, -0.05) is 51.4 Å². The van der Waals surface area contributed by atoms with Gasteiger partial charge in [0.15, 0.2) is 0 Å². The molecule has 1 aromatic carbocycles. The van der Waals surface area contributed by atoms with Gasteiger partial charge in [0.25, 0.3) is 0 Å². The highest BCUT2D eigenvalue weighted by Crippen LogP contribution is 2.14. The molecule has 0 aliphatic carbocycles. The van der Waals surface area contributed by atoms with E-state index in [0.29, 0.717) is 23.3 Å². The molecule has 0 radical (unpaired) electrons. The van der Waals surface area contributed by atoms with Crippen molar-refractivity contribution in [1.82, 2.24) is 5.32 Å². The van der Waals surface area contributed by atoms with Gasteiger partial charge in [-0.3, -0.25) is 4.79 Å². The van der Waals surface area contributed by atoms with Crippen molar-refractivity contribution in [3.8, 4) is 0 Å². The van der Waals surface area contributed by atoms with Crippen molar-refractivity contribution in [3.63, 3.8) is 0 Å². The van der Waals surface area contributed by atoms with Crippen LogP contribution < -0.4 is 5.32 Å². The maximum absolute atomic E-state index is 12.0. The zero-order valence-electron chi connectivity index (χ0n) is 11.5. The Morgan fingerprint density at radius 2 is 1.83 bits per heavy atom. The van der Waals surface area contributed by atoms with Crippen LogP contribution in [0.5, 0.6) is 0 Å². The second kappa shape index (κ2) is 6.79. The van der Waals surface area contributed by atoms with Crippen molar-refractivity contribution in [2.24, 2.45) is 11.8 Å². The first-order chi connectivity index (χ1) is 8.40. The van der Waals surface area contributed by atoms with Gasteiger partial charge in [-0.25, -0.2) is 0 Å². The minimum absolute atomic E-state index is 0.0599. The SMILES string of the molecule is CC(C)C(NC(=O)Cc1cccc(Cl)c1)C(C)C. The van der Waals surface area contributed by atoms with Gasteiger partial charge in [0, 0.05) is 11.1 Å². The third-order valence-electron chi connectivity index (χ3n) is 3.02. The van der Waals surface area contributed by atoms with E-state index >= 15 is 0 Å². The molecule has 0 saturated heterocycles. The van der Waals surface area contributed by atoms with Crippen molar-refractivity contribution in [3.05, 3.63) is 34.9 Å². The molecule has 2 nitrogen and oxygen atoms in total. The van der Waals surface area contributed by atoms with Crippen LogP contribution in [0.3, 0.4) is 0 Å². The van der Waals surface area contributed by atoms with Crippen LogP contribution in [0, 0.1) is 11.8 Å². The molecule has 0 fully saturated rings. The molecule has 0 atom stereocenters. The highest BCUT2D eigenvalue weighted by atomic mass is 35.5. The number of halogens is 1. The molecule has 1 aromatic rings. The fourth-order valence-electron chi connectivity index (χ4n) is 2.17. The zero-order valence-corrected chi connectivity index (χ0v) is 12.3. The van der Waals surface area contributed by atoms with Gasteiger partial charge in [0.1, 0.15) is 0 Å². The van der Waals surface area contributed by atoms with E-state index < -0.39 is 0 Å². The molecular formula is C15H22ClNO. The third kappa shape index (κ3) is 4.69. The Morgan fingerprint density at radius 3 is 2.33 bits per heavy atom. The lowest BCUT2D eigenvalue weighted by molar-refractivity contribution is -0.121. The topological polar surface area (TPSA) is 29.1 Å². The van der Waals surface area contributed by atoms with Gasteiger partial charge in [-0.2, -0.15) is 0 Å². The van der Waals surface area contributed by atoms with E-state index in [2.05, 4.69) is 33.0 Å². The van der Waals surface area contributed by atoms with Gasteiger partial charge in [0.05, 0.1) is 6.42 Å². The van der Waals surface area contributed by atoms with E-state index in [1.165, 1.54) is 0 Å². The normalized spacial score (nSPS) is 11.3. The molecule has 0 bridgehead atoms. The Hall–Kier alpha value is -1.02. The summed E-state index contributed by atoms with van der Waals surface area (Å²) in [6.45, 7) is 8.52. The first-order valence-electron chi connectivity index (χ1n) is 6.44. The molecule has 18 heavy (non-hydrogen) atoms. The van der Waals surface area contributed by atoms with Crippen LogP contribution in [0.2, 0.25) is 5.02 Å². The molecule has 0 spiro atoms. The van der Waals surface area contributed by atoms with E-state index in [4.69, 9.17) is 11.6 Å². The minimum Gasteiger partial charge on any atom is -0.353 e. The summed E-state index contributed by atoms with van der Waals surface area (Å²) < 4.78 is 0.